The standard InChI is InChI=1S/C13H15N3O2S2/c1-7-11(20-6-5-19-7)12-15-13(18-16-12)8-3-2-4-9(14)10(8)17/h2-4,7,11,17H,5-6,14H2,1H3. The third-order valence-electron chi connectivity index (χ3n) is 3.18. The molecule has 2 aromatic rings. The molecule has 3 N–H and O–H groups in total. The molecule has 1 fully saturated rings. The van der Waals surface area contributed by atoms with Crippen molar-refractivity contribution < 1.29 is 9.63 Å². The van der Waals surface area contributed by atoms with Gasteiger partial charge in [0.15, 0.2) is 11.6 Å². The largest absolute Gasteiger partial charge is 0.505 e. The van der Waals surface area contributed by atoms with Crippen LogP contribution in [0.15, 0.2) is 22.7 Å². The van der Waals surface area contributed by atoms with Gasteiger partial charge in [0.25, 0.3) is 5.89 Å². The Labute approximate surface area is 125 Å². The van der Waals surface area contributed by atoms with Gasteiger partial charge >= 0.3 is 0 Å². The number of nitrogens with zero attached hydrogens (tertiary/aromatic N) is 2. The number of aromatic nitrogens is 2. The van der Waals surface area contributed by atoms with E-state index in [0.717, 1.165) is 11.5 Å². The van der Waals surface area contributed by atoms with Crippen LogP contribution in [0.25, 0.3) is 11.5 Å². The number of nitrogen functional groups attached to an aromatic ring is 1. The summed E-state index contributed by atoms with van der Waals surface area (Å²) in [7, 11) is 0. The van der Waals surface area contributed by atoms with Crippen molar-refractivity contribution in [3.05, 3.63) is 24.0 Å². The molecule has 1 aromatic heterocycles. The fourth-order valence-corrected chi connectivity index (χ4v) is 4.79. The molecule has 3 rings (SSSR count). The fraction of sp³-hybridized carbons (Fsp3) is 0.385. The van der Waals surface area contributed by atoms with Gasteiger partial charge in [0.1, 0.15) is 0 Å². The van der Waals surface area contributed by atoms with Crippen molar-refractivity contribution >= 4 is 29.2 Å². The molecule has 2 heterocycles. The lowest BCUT2D eigenvalue weighted by molar-refractivity contribution is 0.417. The number of para-hydroxylation sites is 1. The topological polar surface area (TPSA) is 85.2 Å². The molecular formula is C13H15N3O2S2. The van der Waals surface area contributed by atoms with Gasteiger partial charge in [-0.15, -0.1) is 11.8 Å². The predicted octanol–water partition coefficient (Wildman–Crippen LogP) is 2.93. The first-order valence-corrected chi connectivity index (χ1v) is 8.41. The summed E-state index contributed by atoms with van der Waals surface area (Å²) in [6, 6.07) is 5.10. The van der Waals surface area contributed by atoms with Crippen LogP contribution in [-0.2, 0) is 0 Å². The zero-order valence-electron chi connectivity index (χ0n) is 10.9. The highest BCUT2D eigenvalue weighted by Gasteiger charge is 2.29. The number of hydrogen-bond donors (Lipinski definition) is 2. The minimum Gasteiger partial charge on any atom is -0.505 e. The van der Waals surface area contributed by atoms with Crippen LogP contribution in [0.3, 0.4) is 0 Å². The lowest BCUT2D eigenvalue weighted by Gasteiger charge is -2.24. The number of rotatable bonds is 2. The molecule has 2 unspecified atom stereocenters. The molecule has 0 radical (unpaired) electrons. The Balaban J connectivity index is 1.92. The van der Waals surface area contributed by atoms with Gasteiger partial charge in [0.2, 0.25) is 0 Å². The first-order valence-electron chi connectivity index (χ1n) is 6.31. The van der Waals surface area contributed by atoms with Crippen molar-refractivity contribution in [3.63, 3.8) is 0 Å². The molecule has 2 atom stereocenters. The van der Waals surface area contributed by atoms with E-state index >= 15 is 0 Å². The van der Waals surface area contributed by atoms with E-state index in [-0.39, 0.29) is 11.0 Å². The third kappa shape index (κ3) is 2.47. The number of aromatic hydroxyl groups is 1. The second-order valence-electron chi connectivity index (χ2n) is 4.57. The Morgan fingerprint density at radius 3 is 2.95 bits per heavy atom. The summed E-state index contributed by atoms with van der Waals surface area (Å²) in [4.78, 5) is 4.43. The van der Waals surface area contributed by atoms with Gasteiger partial charge in [-0.25, -0.2) is 0 Å². The maximum Gasteiger partial charge on any atom is 0.261 e. The smallest absolute Gasteiger partial charge is 0.261 e. The van der Waals surface area contributed by atoms with Crippen LogP contribution in [0.4, 0.5) is 5.69 Å². The van der Waals surface area contributed by atoms with Crippen LogP contribution in [-0.4, -0.2) is 32.0 Å². The second-order valence-corrected chi connectivity index (χ2v) is 7.30. The normalized spacial score (nSPS) is 22.9. The Kier molecular flexibility index (Phi) is 3.80. The van der Waals surface area contributed by atoms with Crippen LogP contribution in [0.2, 0.25) is 0 Å². The number of phenols is 1. The number of benzene rings is 1. The molecule has 0 saturated carbocycles. The van der Waals surface area contributed by atoms with E-state index in [4.69, 9.17) is 10.3 Å². The third-order valence-corrected chi connectivity index (χ3v) is 6.27. The van der Waals surface area contributed by atoms with Crippen molar-refractivity contribution in [2.75, 3.05) is 17.2 Å². The molecule has 1 aliphatic rings. The molecule has 0 spiro atoms. The summed E-state index contributed by atoms with van der Waals surface area (Å²) >= 11 is 3.77. The van der Waals surface area contributed by atoms with E-state index in [1.165, 1.54) is 0 Å². The van der Waals surface area contributed by atoms with Crippen LogP contribution in [0.5, 0.6) is 5.75 Å². The molecule has 1 aromatic carbocycles. The average Bonchev–Trinajstić information content (AvgIpc) is 2.92. The monoisotopic (exact) mass is 309 g/mol. The number of hydrogen-bond acceptors (Lipinski definition) is 7. The van der Waals surface area contributed by atoms with E-state index in [1.807, 2.05) is 23.5 Å². The van der Waals surface area contributed by atoms with Crippen LogP contribution in [0.1, 0.15) is 18.0 Å². The van der Waals surface area contributed by atoms with Gasteiger partial charge in [-0.3, -0.25) is 0 Å². The number of thioether (sulfide) groups is 2. The zero-order valence-corrected chi connectivity index (χ0v) is 12.6. The number of anilines is 1. The molecular weight excluding hydrogens is 294 g/mol. The lowest BCUT2D eigenvalue weighted by Crippen LogP contribution is -2.16. The quantitative estimate of drug-likeness (QED) is 0.651. The highest BCUT2D eigenvalue weighted by molar-refractivity contribution is 8.06. The molecule has 0 amide bonds. The Hall–Kier alpha value is -1.34. The maximum atomic E-state index is 9.96. The average molecular weight is 309 g/mol. The van der Waals surface area contributed by atoms with E-state index in [1.54, 1.807) is 18.2 Å². The SMILES string of the molecule is CC1SCCSC1c1noc(-c2cccc(N)c2O)n1. The zero-order chi connectivity index (χ0) is 14.1. The Morgan fingerprint density at radius 2 is 2.15 bits per heavy atom. The van der Waals surface area contributed by atoms with E-state index in [0.29, 0.717) is 28.2 Å². The highest BCUT2D eigenvalue weighted by atomic mass is 32.2. The van der Waals surface area contributed by atoms with Gasteiger partial charge in [-0.05, 0) is 12.1 Å². The van der Waals surface area contributed by atoms with Crippen molar-refractivity contribution in [2.24, 2.45) is 0 Å². The molecule has 106 valence electrons. The van der Waals surface area contributed by atoms with Gasteiger partial charge in [-0.1, -0.05) is 18.1 Å². The fourth-order valence-electron chi connectivity index (χ4n) is 2.11. The summed E-state index contributed by atoms with van der Waals surface area (Å²) in [5.74, 6) is 3.23. The molecule has 0 aliphatic carbocycles. The molecule has 1 saturated heterocycles. The Bertz CT molecular complexity index is 617. The first kappa shape index (κ1) is 13.6. The maximum absolute atomic E-state index is 9.96. The predicted molar refractivity (Wildman–Crippen MR) is 82.9 cm³/mol. The van der Waals surface area contributed by atoms with E-state index in [2.05, 4.69) is 17.1 Å². The van der Waals surface area contributed by atoms with Gasteiger partial charge < -0.3 is 15.4 Å². The summed E-state index contributed by atoms with van der Waals surface area (Å²) < 4.78 is 5.29. The van der Waals surface area contributed by atoms with E-state index < -0.39 is 0 Å². The molecule has 20 heavy (non-hydrogen) atoms. The summed E-state index contributed by atoms with van der Waals surface area (Å²) in [5.41, 5.74) is 6.46. The summed E-state index contributed by atoms with van der Waals surface area (Å²) in [5, 5.41) is 14.7. The van der Waals surface area contributed by atoms with Crippen molar-refractivity contribution in [1.82, 2.24) is 10.1 Å². The number of nitrogens with two attached hydrogens (primary N) is 1. The first-order chi connectivity index (χ1) is 9.66. The minimum absolute atomic E-state index is 0.0126. The molecule has 1 aliphatic heterocycles. The highest BCUT2D eigenvalue weighted by Crippen LogP contribution is 2.42. The Morgan fingerprint density at radius 1 is 1.35 bits per heavy atom. The molecule has 7 heteroatoms. The lowest BCUT2D eigenvalue weighted by atomic mass is 10.1. The van der Waals surface area contributed by atoms with Crippen molar-refractivity contribution in [1.29, 1.82) is 0 Å². The summed E-state index contributed by atoms with van der Waals surface area (Å²) in [6.07, 6.45) is 0. The summed E-state index contributed by atoms with van der Waals surface area (Å²) in [6.45, 7) is 2.18. The molecule has 5 nitrogen and oxygen atoms in total. The minimum atomic E-state index is -0.0126. The van der Waals surface area contributed by atoms with Gasteiger partial charge in [-0.2, -0.15) is 16.7 Å². The van der Waals surface area contributed by atoms with Gasteiger partial charge in [0.05, 0.1) is 16.5 Å². The van der Waals surface area contributed by atoms with E-state index in [9.17, 15) is 5.11 Å². The van der Waals surface area contributed by atoms with Crippen LogP contribution < -0.4 is 5.73 Å². The van der Waals surface area contributed by atoms with Crippen molar-refractivity contribution in [3.8, 4) is 17.2 Å². The second kappa shape index (κ2) is 5.57. The van der Waals surface area contributed by atoms with Gasteiger partial charge in [0, 0.05) is 16.8 Å². The molecule has 0 bridgehead atoms. The van der Waals surface area contributed by atoms with Crippen molar-refractivity contribution in [2.45, 2.75) is 17.4 Å². The van der Waals surface area contributed by atoms with Crippen LogP contribution >= 0.6 is 23.5 Å². The number of phenolic OH excluding ortho intramolecular Hbond substituents is 1. The van der Waals surface area contributed by atoms with Crippen LogP contribution in [0, 0.1) is 0 Å².